The number of carbonyl (C=O) groups is 1. The number of nitro groups is 1. The summed E-state index contributed by atoms with van der Waals surface area (Å²) < 4.78 is 5.18. The first-order chi connectivity index (χ1) is 9.42. The number of nitrogens with zero attached hydrogens (tertiary/aromatic N) is 1. The summed E-state index contributed by atoms with van der Waals surface area (Å²) in [6.45, 7) is 0. The predicted molar refractivity (Wildman–Crippen MR) is 75.4 cm³/mol. The molecular weight excluding hydrogens is 304 g/mol. The van der Waals surface area contributed by atoms with E-state index in [9.17, 15) is 20.0 Å². The summed E-state index contributed by atoms with van der Waals surface area (Å²) in [5.41, 5.74) is -0.611. The van der Waals surface area contributed by atoms with Crippen LogP contribution in [0.5, 0.6) is 11.5 Å². The van der Waals surface area contributed by atoms with E-state index in [0.717, 1.165) is 17.8 Å². The molecule has 1 fully saturated rings. The molecule has 7 nitrogen and oxygen atoms in total. The van der Waals surface area contributed by atoms with Crippen LogP contribution in [0, 0.1) is 10.1 Å². The molecule has 0 radical (unpaired) electrons. The van der Waals surface area contributed by atoms with Gasteiger partial charge in [-0.3, -0.25) is 14.9 Å². The van der Waals surface area contributed by atoms with Crippen LogP contribution in [-0.4, -0.2) is 22.3 Å². The van der Waals surface area contributed by atoms with Crippen molar-refractivity contribution in [2.45, 2.75) is 0 Å². The van der Waals surface area contributed by atoms with E-state index in [1.807, 2.05) is 0 Å². The molecule has 1 aliphatic heterocycles. The molecule has 1 N–H and O–H groups in total. The minimum atomic E-state index is -0.792. The number of benzene rings is 1. The van der Waals surface area contributed by atoms with E-state index in [1.165, 1.54) is 19.3 Å². The molecule has 0 spiro atoms. The number of ether oxygens (including phenoxy) is 1. The highest BCUT2D eigenvalue weighted by atomic mass is 32.2. The van der Waals surface area contributed by atoms with Gasteiger partial charge < -0.3 is 15.2 Å². The molecule has 1 saturated heterocycles. The summed E-state index contributed by atoms with van der Waals surface area (Å²) in [6.07, 6.45) is 1.26. The van der Waals surface area contributed by atoms with Gasteiger partial charge in [-0.15, -0.1) is 0 Å². The van der Waals surface area contributed by atoms with Gasteiger partial charge in [-0.1, -0.05) is 24.0 Å². The number of carbonyl (C=O) groups excluding carboxylic acids is 1. The van der Waals surface area contributed by atoms with E-state index >= 15 is 0 Å². The van der Waals surface area contributed by atoms with E-state index in [1.54, 1.807) is 0 Å². The topological polar surface area (TPSA) is 105 Å². The van der Waals surface area contributed by atoms with Crippen LogP contribution in [-0.2, 0) is 4.79 Å². The van der Waals surface area contributed by atoms with E-state index in [-0.39, 0.29) is 20.5 Å². The number of thiocarbonyl (C=S) groups is 1. The monoisotopic (exact) mass is 311 g/mol. The van der Waals surface area contributed by atoms with Crippen LogP contribution in [0.4, 0.5) is 5.69 Å². The number of nitrogens with one attached hydrogen (secondary N) is 1. The van der Waals surface area contributed by atoms with Gasteiger partial charge in [0.2, 0.25) is 0 Å². The molecule has 1 heterocycles. The van der Waals surface area contributed by atoms with Crippen molar-refractivity contribution in [3.05, 3.63) is 32.7 Å². The molecule has 0 saturated carbocycles. The van der Waals surface area contributed by atoms with Crippen molar-refractivity contribution in [1.82, 2.24) is 5.32 Å². The summed E-state index contributed by atoms with van der Waals surface area (Å²) in [5, 5.41) is 25.2. The van der Waals surface area contributed by atoms with Crippen LogP contribution < -0.4 is 15.2 Å². The fraction of sp³-hybridized carbons (Fsp3) is 0.0909. The molecule has 20 heavy (non-hydrogen) atoms. The summed E-state index contributed by atoms with van der Waals surface area (Å²) in [4.78, 5) is 21.7. The third-order valence-corrected chi connectivity index (χ3v) is 3.60. The zero-order valence-electron chi connectivity index (χ0n) is 10.0. The number of rotatable bonds is 3. The van der Waals surface area contributed by atoms with Crippen molar-refractivity contribution in [3.63, 3.8) is 0 Å². The standard InChI is InChI=1S/C11H8N2O5S2/c1-18-6-2-5(9(14)7(4-6)13(16)17)3-8-10(15)12-11(19)20-8/h2-4,14H,1H3,(H,12,15,19)/p-1/b8-3-. The lowest BCUT2D eigenvalue weighted by molar-refractivity contribution is -0.398. The Morgan fingerprint density at radius 3 is 2.70 bits per heavy atom. The van der Waals surface area contributed by atoms with Gasteiger partial charge in [0, 0.05) is 0 Å². The van der Waals surface area contributed by atoms with Crippen LogP contribution in [0.25, 0.3) is 6.08 Å². The van der Waals surface area contributed by atoms with Crippen molar-refractivity contribution in [1.29, 1.82) is 0 Å². The Kier molecular flexibility index (Phi) is 3.91. The zero-order valence-corrected chi connectivity index (χ0v) is 11.7. The fourth-order valence-corrected chi connectivity index (χ4v) is 2.57. The molecule has 9 heteroatoms. The maximum Gasteiger partial charge on any atom is 0.266 e. The van der Waals surface area contributed by atoms with Crippen LogP contribution in [0.2, 0.25) is 0 Å². The second-order valence-electron chi connectivity index (χ2n) is 3.67. The lowest BCUT2D eigenvalue weighted by atomic mass is 10.1. The van der Waals surface area contributed by atoms with Crippen LogP contribution in [0.1, 0.15) is 5.56 Å². The minimum absolute atomic E-state index is 0.00148. The largest absolute Gasteiger partial charge is 0.867 e. The predicted octanol–water partition coefficient (Wildman–Crippen LogP) is 1.17. The maximum absolute atomic E-state index is 11.9. The first kappa shape index (κ1) is 14.3. The van der Waals surface area contributed by atoms with Crippen LogP contribution in [0.15, 0.2) is 17.0 Å². The minimum Gasteiger partial charge on any atom is -0.867 e. The van der Waals surface area contributed by atoms with Crippen molar-refractivity contribution in [3.8, 4) is 11.5 Å². The third kappa shape index (κ3) is 2.73. The Morgan fingerprint density at radius 2 is 2.20 bits per heavy atom. The fourth-order valence-electron chi connectivity index (χ4n) is 1.53. The highest BCUT2D eigenvalue weighted by molar-refractivity contribution is 8.26. The highest BCUT2D eigenvalue weighted by Gasteiger charge is 2.23. The van der Waals surface area contributed by atoms with Gasteiger partial charge in [-0.2, -0.15) is 0 Å². The Morgan fingerprint density at radius 1 is 1.50 bits per heavy atom. The maximum atomic E-state index is 11.9. The Labute approximate surface area is 122 Å². The number of amides is 1. The molecule has 1 aromatic carbocycles. The lowest BCUT2D eigenvalue weighted by Crippen LogP contribution is -2.17. The van der Waals surface area contributed by atoms with Gasteiger partial charge in [0.05, 0.1) is 23.0 Å². The van der Waals surface area contributed by atoms with Crippen molar-refractivity contribution < 1.29 is 19.6 Å². The van der Waals surface area contributed by atoms with Gasteiger partial charge in [-0.05, 0) is 23.5 Å². The van der Waals surface area contributed by atoms with E-state index in [4.69, 9.17) is 17.0 Å². The second-order valence-corrected chi connectivity index (χ2v) is 5.39. The van der Waals surface area contributed by atoms with Crippen molar-refractivity contribution >= 4 is 46.0 Å². The Balaban J connectivity index is 2.54. The first-order valence-electron chi connectivity index (χ1n) is 5.20. The molecule has 0 atom stereocenters. The molecule has 1 aliphatic rings. The number of thioether (sulfide) groups is 1. The smallest absolute Gasteiger partial charge is 0.266 e. The summed E-state index contributed by atoms with van der Waals surface area (Å²) in [5.74, 6) is -1.06. The average molecular weight is 311 g/mol. The van der Waals surface area contributed by atoms with Crippen LogP contribution in [0.3, 0.4) is 0 Å². The van der Waals surface area contributed by atoms with Gasteiger partial charge >= 0.3 is 0 Å². The molecule has 104 valence electrons. The number of nitro benzene ring substituents is 1. The third-order valence-electron chi connectivity index (χ3n) is 2.43. The SMILES string of the molecule is COc1cc(/C=C2\SC(=S)NC2=O)c([O-])c([N+](=O)[O-])c1. The number of hydrogen-bond donors (Lipinski definition) is 1. The molecule has 1 aromatic rings. The average Bonchev–Trinajstić information content (AvgIpc) is 2.70. The second kappa shape index (κ2) is 5.47. The number of methoxy groups -OCH3 is 1. The highest BCUT2D eigenvalue weighted by Crippen LogP contribution is 2.35. The van der Waals surface area contributed by atoms with Crippen molar-refractivity contribution in [2.24, 2.45) is 0 Å². The Bertz CT molecular complexity index is 656. The van der Waals surface area contributed by atoms with Gasteiger partial charge in [0.1, 0.15) is 10.1 Å². The molecule has 1 amide bonds. The zero-order chi connectivity index (χ0) is 14.9. The normalized spacial score (nSPS) is 16.4. The van der Waals surface area contributed by atoms with Crippen LogP contribution >= 0.6 is 24.0 Å². The number of hydrogen-bond acceptors (Lipinski definition) is 7. The van der Waals surface area contributed by atoms with E-state index in [0.29, 0.717) is 0 Å². The molecule has 0 bridgehead atoms. The summed E-state index contributed by atoms with van der Waals surface area (Å²) >= 11 is 5.80. The Hall–Kier alpha value is -2.13. The quantitative estimate of drug-likeness (QED) is 0.386. The lowest BCUT2D eigenvalue weighted by Gasteiger charge is -2.13. The van der Waals surface area contributed by atoms with Gasteiger partial charge in [-0.25, -0.2) is 0 Å². The molecule has 0 unspecified atom stereocenters. The summed E-state index contributed by atoms with van der Waals surface area (Å²) in [6, 6.07) is 2.37. The van der Waals surface area contributed by atoms with Crippen molar-refractivity contribution in [2.75, 3.05) is 7.11 Å². The molecule has 0 aromatic heterocycles. The molecule has 0 aliphatic carbocycles. The molecular formula is C11H7N2O5S2-. The molecule has 2 rings (SSSR count). The van der Waals surface area contributed by atoms with E-state index < -0.39 is 22.3 Å². The van der Waals surface area contributed by atoms with Gasteiger partial charge in [0.25, 0.3) is 11.6 Å². The summed E-state index contributed by atoms with van der Waals surface area (Å²) in [7, 11) is 1.33. The van der Waals surface area contributed by atoms with E-state index in [2.05, 4.69) is 5.32 Å². The first-order valence-corrected chi connectivity index (χ1v) is 6.43. The van der Waals surface area contributed by atoms with Gasteiger partial charge in [0.15, 0.2) is 0 Å².